The minimum Gasteiger partial charge on any atom is -0.481 e. The van der Waals surface area contributed by atoms with Crippen molar-refractivity contribution in [2.75, 3.05) is 13.2 Å². The third-order valence-corrected chi connectivity index (χ3v) is 5.39. The van der Waals surface area contributed by atoms with Gasteiger partial charge in [0.05, 0.1) is 6.61 Å². The fourth-order valence-corrected chi connectivity index (χ4v) is 3.93. The van der Waals surface area contributed by atoms with Crippen LogP contribution in [0.3, 0.4) is 0 Å². The molecule has 2 unspecified atom stereocenters. The number of hydrogen-bond donors (Lipinski definition) is 3. The minimum atomic E-state index is -0.866. The van der Waals surface area contributed by atoms with E-state index in [4.69, 9.17) is 14.6 Å². The van der Waals surface area contributed by atoms with Crippen LogP contribution in [0.4, 0.5) is 4.79 Å². The van der Waals surface area contributed by atoms with Crippen molar-refractivity contribution in [3.63, 3.8) is 0 Å². The molecule has 2 aliphatic rings. The summed E-state index contributed by atoms with van der Waals surface area (Å²) in [4.78, 5) is 23.3. The number of aliphatic carboxylic acids is 1. The molecule has 2 amide bonds. The molecule has 1 spiro atoms. The molecule has 7 heteroatoms. The van der Waals surface area contributed by atoms with Crippen molar-refractivity contribution in [1.29, 1.82) is 0 Å². The zero-order chi connectivity index (χ0) is 19.8. The van der Waals surface area contributed by atoms with Gasteiger partial charge in [-0.2, -0.15) is 0 Å². The highest BCUT2D eigenvalue weighted by Crippen LogP contribution is 2.37. The Morgan fingerprint density at radius 1 is 1.18 bits per heavy atom. The van der Waals surface area contributed by atoms with Crippen LogP contribution in [0, 0.1) is 0 Å². The standard InChI is InChI=1S/C21H30N2O5/c24-19(25)10-9-17(13-16-7-3-1-4-8-16)23-20(26)22-14-18-15-27-21(28-18)11-5-2-6-12-21/h1,3-4,7-8,17-18H,2,5-6,9-15H2,(H,24,25)(H2,22,23,26). The second kappa shape index (κ2) is 9.89. The first-order valence-electron chi connectivity index (χ1n) is 10.2. The molecule has 2 atom stereocenters. The Kier molecular flexibility index (Phi) is 7.28. The maximum absolute atomic E-state index is 12.3. The Morgan fingerprint density at radius 2 is 1.93 bits per heavy atom. The highest BCUT2D eigenvalue weighted by atomic mass is 16.7. The lowest BCUT2D eigenvalue weighted by molar-refractivity contribution is -0.186. The van der Waals surface area contributed by atoms with Crippen LogP contribution >= 0.6 is 0 Å². The fraction of sp³-hybridized carbons (Fsp3) is 0.619. The molecule has 154 valence electrons. The summed E-state index contributed by atoms with van der Waals surface area (Å²) in [6, 6.07) is 9.19. The van der Waals surface area contributed by atoms with Crippen LogP contribution in [-0.2, 0) is 20.7 Å². The van der Waals surface area contributed by atoms with Gasteiger partial charge in [0.15, 0.2) is 5.79 Å². The number of carbonyl (C=O) groups excluding carboxylic acids is 1. The van der Waals surface area contributed by atoms with Gasteiger partial charge in [-0.25, -0.2) is 4.79 Å². The van der Waals surface area contributed by atoms with E-state index in [0.717, 1.165) is 31.2 Å². The predicted molar refractivity (Wildman–Crippen MR) is 104 cm³/mol. The number of carboxylic acid groups (broad SMARTS) is 1. The van der Waals surface area contributed by atoms with Crippen molar-refractivity contribution in [2.45, 2.75) is 69.3 Å². The monoisotopic (exact) mass is 390 g/mol. The highest BCUT2D eigenvalue weighted by molar-refractivity contribution is 5.74. The Bertz CT molecular complexity index is 645. The van der Waals surface area contributed by atoms with E-state index in [1.807, 2.05) is 30.3 Å². The topological polar surface area (TPSA) is 96.9 Å². The van der Waals surface area contributed by atoms with Crippen LogP contribution in [0.2, 0.25) is 0 Å². The van der Waals surface area contributed by atoms with Gasteiger partial charge in [0.1, 0.15) is 6.10 Å². The average molecular weight is 390 g/mol. The first-order valence-corrected chi connectivity index (χ1v) is 10.2. The minimum absolute atomic E-state index is 0.0138. The van der Waals surface area contributed by atoms with Crippen LogP contribution in [0.15, 0.2) is 30.3 Å². The van der Waals surface area contributed by atoms with Gasteiger partial charge in [-0.3, -0.25) is 4.79 Å². The van der Waals surface area contributed by atoms with Gasteiger partial charge in [0.2, 0.25) is 0 Å². The molecule has 0 aromatic heterocycles. The first-order chi connectivity index (χ1) is 13.5. The Balaban J connectivity index is 1.45. The molecule has 1 saturated heterocycles. The number of urea groups is 1. The Labute approximate surface area is 165 Å². The number of ether oxygens (including phenoxy) is 2. The van der Waals surface area contributed by atoms with Crippen LogP contribution in [0.5, 0.6) is 0 Å². The summed E-state index contributed by atoms with van der Waals surface area (Å²) in [5, 5.41) is 14.7. The zero-order valence-corrected chi connectivity index (χ0v) is 16.2. The lowest BCUT2D eigenvalue weighted by Gasteiger charge is -2.31. The van der Waals surface area contributed by atoms with Crippen molar-refractivity contribution >= 4 is 12.0 Å². The van der Waals surface area contributed by atoms with Crippen LogP contribution < -0.4 is 10.6 Å². The van der Waals surface area contributed by atoms with E-state index in [2.05, 4.69) is 10.6 Å². The maximum Gasteiger partial charge on any atom is 0.315 e. The van der Waals surface area contributed by atoms with Gasteiger partial charge in [-0.1, -0.05) is 36.8 Å². The molecule has 3 rings (SSSR count). The number of carbonyl (C=O) groups is 2. The van der Waals surface area contributed by atoms with Gasteiger partial charge in [0, 0.05) is 31.8 Å². The van der Waals surface area contributed by atoms with E-state index >= 15 is 0 Å². The quantitative estimate of drug-likeness (QED) is 0.634. The summed E-state index contributed by atoms with van der Waals surface area (Å²) in [6.07, 6.45) is 6.14. The maximum atomic E-state index is 12.3. The SMILES string of the molecule is O=C(O)CCC(Cc1ccccc1)NC(=O)NCC1COC2(CCCCC2)O1. The van der Waals surface area contributed by atoms with Crippen molar-refractivity contribution < 1.29 is 24.2 Å². The zero-order valence-electron chi connectivity index (χ0n) is 16.2. The van der Waals surface area contributed by atoms with Gasteiger partial charge in [0.25, 0.3) is 0 Å². The van der Waals surface area contributed by atoms with Gasteiger partial charge >= 0.3 is 12.0 Å². The van der Waals surface area contributed by atoms with Crippen molar-refractivity contribution in [3.8, 4) is 0 Å². The number of carboxylic acids is 1. The number of rotatable bonds is 8. The van der Waals surface area contributed by atoms with E-state index in [1.165, 1.54) is 6.42 Å². The van der Waals surface area contributed by atoms with E-state index in [1.54, 1.807) is 0 Å². The second-order valence-electron chi connectivity index (χ2n) is 7.70. The summed E-state index contributed by atoms with van der Waals surface area (Å²) < 4.78 is 12.0. The van der Waals surface area contributed by atoms with Crippen LogP contribution in [0.25, 0.3) is 0 Å². The molecule has 7 nitrogen and oxygen atoms in total. The lowest BCUT2D eigenvalue weighted by Crippen LogP contribution is -2.46. The molecule has 0 radical (unpaired) electrons. The van der Waals surface area contributed by atoms with E-state index < -0.39 is 11.8 Å². The van der Waals surface area contributed by atoms with Crippen molar-refractivity contribution in [1.82, 2.24) is 10.6 Å². The molecular weight excluding hydrogens is 360 g/mol. The van der Waals surface area contributed by atoms with E-state index in [9.17, 15) is 9.59 Å². The molecule has 1 aliphatic carbocycles. The number of amides is 2. The number of benzene rings is 1. The summed E-state index contributed by atoms with van der Waals surface area (Å²) in [7, 11) is 0. The highest BCUT2D eigenvalue weighted by Gasteiger charge is 2.42. The molecule has 0 bridgehead atoms. The summed E-state index contributed by atoms with van der Waals surface area (Å²) >= 11 is 0. The predicted octanol–water partition coefficient (Wildman–Crippen LogP) is 2.84. The van der Waals surface area contributed by atoms with Gasteiger partial charge in [-0.05, 0) is 31.2 Å². The molecule has 1 aromatic rings. The van der Waals surface area contributed by atoms with Gasteiger partial charge < -0.3 is 25.2 Å². The molecule has 1 heterocycles. The Hall–Kier alpha value is -2.12. The van der Waals surface area contributed by atoms with Crippen LogP contribution in [0.1, 0.15) is 50.5 Å². The molecule has 3 N–H and O–H groups in total. The lowest BCUT2D eigenvalue weighted by atomic mass is 9.94. The molecule has 2 fully saturated rings. The van der Waals surface area contributed by atoms with Crippen molar-refractivity contribution in [3.05, 3.63) is 35.9 Å². The number of nitrogens with one attached hydrogen (secondary N) is 2. The molecule has 1 aromatic carbocycles. The molecule has 1 aliphatic heterocycles. The summed E-state index contributed by atoms with van der Waals surface area (Å²) in [5.41, 5.74) is 1.06. The third kappa shape index (κ3) is 6.21. The summed E-state index contributed by atoms with van der Waals surface area (Å²) in [6.45, 7) is 0.872. The molecule has 1 saturated carbocycles. The molecular formula is C21H30N2O5. The Morgan fingerprint density at radius 3 is 2.64 bits per heavy atom. The molecule has 28 heavy (non-hydrogen) atoms. The van der Waals surface area contributed by atoms with E-state index in [0.29, 0.717) is 26.0 Å². The van der Waals surface area contributed by atoms with Crippen molar-refractivity contribution in [2.24, 2.45) is 0 Å². The largest absolute Gasteiger partial charge is 0.481 e. The smallest absolute Gasteiger partial charge is 0.315 e. The van der Waals surface area contributed by atoms with Crippen LogP contribution in [-0.4, -0.2) is 48.2 Å². The summed E-state index contributed by atoms with van der Waals surface area (Å²) in [5.74, 6) is -1.31. The second-order valence-corrected chi connectivity index (χ2v) is 7.70. The third-order valence-electron chi connectivity index (χ3n) is 5.39. The normalized spacial score (nSPS) is 21.9. The first kappa shape index (κ1) is 20.6. The fourth-order valence-electron chi connectivity index (χ4n) is 3.93. The number of hydrogen-bond acceptors (Lipinski definition) is 4. The average Bonchev–Trinajstić information content (AvgIpc) is 3.08. The van der Waals surface area contributed by atoms with Gasteiger partial charge in [-0.15, -0.1) is 0 Å². The van der Waals surface area contributed by atoms with E-state index in [-0.39, 0.29) is 24.6 Å².